The number of nitrogens with one attached hydrogen (secondary N) is 3. The highest BCUT2D eigenvalue weighted by atomic mass is 19.1. The summed E-state index contributed by atoms with van der Waals surface area (Å²) in [5, 5.41) is 8.46. The van der Waals surface area contributed by atoms with E-state index in [-0.39, 0.29) is 17.2 Å². The Hall–Kier alpha value is -4.53. The van der Waals surface area contributed by atoms with Gasteiger partial charge in [0.25, 0.3) is 5.56 Å². The van der Waals surface area contributed by atoms with E-state index in [4.69, 9.17) is 4.98 Å². The number of halogens is 1. The number of aryl methyl sites for hydroxylation is 1. The average molecular weight is 487 g/mol. The molecule has 4 aromatic rings. The number of urea groups is 1. The molecule has 4 rings (SSSR count). The van der Waals surface area contributed by atoms with Gasteiger partial charge in [0.2, 0.25) is 5.95 Å². The van der Waals surface area contributed by atoms with Crippen LogP contribution in [0.2, 0.25) is 0 Å². The van der Waals surface area contributed by atoms with Gasteiger partial charge in [0.05, 0.1) is 11.3 Å². The topological polar surface area (TPSA) is 101 Å². The van der Waals surface area contributed by atoms with Crippen LogP contribution in [0.25, 0.3) is 22.5 Å². The molecule has 0 atom stereocenters. The van der Waals surface area contributed by atoms with Gasteiger partial charge in [0.1, 0.15) is 11.5 Å². The fraction of sp³-hybridized carbons (Fsp3) is 0.185. The third kappa shape index (κ3) is 5.75. The average Bonchev–Trinajstić information content (AvgIpc) is 2.90. The van der Waals surface area contributed by atoms with Crippen molar-refractivity contribution in [2.75, 3.05) is 24.2 Å². The van der Waals surface area contributed by atoms with Crippen molar-refractivity contribution in [1.82, 2.24) is 19.9 Å². The number of carbonyl (C=O) groups is 1. The second-order valence-electron chi connectivity index (χ2n) is 8.18. The molecular weight excluding hydrogens is 459 g/mol. The summed E-state index contributed by atoms with van der Waals surface area (Å²) in [6, 6.07) is 18.7. The van der Waals surface area contributed by atoms with Crippen molar-refractivity contribution in [1.29, 1.82) is 0 Å². The number of carbonyl (C=O) groups excluding carboxylic acids is 1. The van der Waals surface area contributed by atoms with Crippen LogP contribution in [0, 0.1) is 5.82 Å². The van der Waals surface area contributed by atoms with Gasteiger partial charge in [-0.05, 0) is 48.2 Å². The molecule has 2 aromatic carbocycles. The van der Waals surface area contributed by atoms with Crippen LogP contribution in [-0.4, -0.2) is 34.2 Å². The molecule has 2 amide bonds. The molecule has 0 saturated carbocycles. The van der Waals surface area contributed by atoms with Gasteiger partial charge in [0, 0.05) is 32.5 Å². The molecule has 0 aliphatic heterocycles. The Morgan fingerprint density at radius 3 is 2.53 bits per heavy atom. The van der Waals surface area contributed by atoms with Crippen LogP contribution in [0.5, 0.6) is 0 Å². The maximum Gasteiger partial charge on any atom is 0.318 e. The molecule has 0 fully saturated rings. The normalized spacial score (nSPS) is 10.6. The second-order valence-corrected chi connectivity index (χ2v) is 8.18. The molecule has 2 aromatic heterocycles. The Balaban J connectivity index is 1.71. The van der Waals surface area contributed by atoms with Crippen molar-refractivity contribution >= 4 is 17.7 Å². The first-order valence-electron chi connectivity index (χ1n) is 11.6. The van der Waals surface area contributed by atoms with Crippen LogP contribution < -0.4 is 21.5 Å². The minimum Gasteiger partial charge on any atom is -0.356 e. The van der Waals surface area contributed by atoms with Crippen molar-refractivity contribution in [2.24, 2.45) is 7.05 Å². The monoisotopic (exact) mass is 486 g/mol. The quantitative estimate of drug-likeness (QED) is 0.320. The number of hydrogen-bond acceptors (Lipinski definition) is 5. The third-order valence-corrected chi connectivity index (χ3v) is 5.68. The molecule has 3 N–H and O–H groups in total. The van der Waals surface area contributed by atoms with Crippen LogP contribution in [0.15, 0.2) is 77.7 Å². The van der Waals surface area contributed by atoms with E-state index < -0.39 is 5.82 Å². The van der Waals surface area contributed by atoms with E-state index in [1.165, 1.54) is 47.6 Å². The number of pyridine rings is 1. The van der Waals surface area contributed by atoms with Gasteiger partial charge in [0.15, 0.2) is 0 Å². The van der Waals surface area contributed by atoms with E-state index in [2.05, 4.69) is 33.1 Å². The van der Waals surface area contributed by atoms with Crippen molar-refractivity contribution in [3.63, 3.8) is 0 Å². The highest BCUT2D eigenvalue weighted by Crippen LogP contribution is 2.29. The molecule has 0 radical (unpaired) electrons. The van der Waals surface area contributed by atoms with Crippen LogP contribution >= 0.6 is 0 Å². The standard InChI is InChI=1S/C27H27FN6O2/c1-29-27(36)32-21-14-16-30-22(17-21)24-23(19-10-12-20(28)13-11-19)25(35)34(2)26(33-24)31-15-6-9-18-7-4-3-5-8-18/h3-5,7-8,10-14,16-17H,6,9,15H2,1-2H3,(H,31,33)(H2,29,30,32,36). The zero-order chi connectivity index (χ0) is 25.5. The van der Waals surface area contributed by atoms with Gasteiger partial charge in [-0.3, -0.25) is 14.3 Å². The minimum atomic E-state index is -0.406. The van der Waals surface area contributed by atoms with Crippen molar-refractivity contribution in [3.8, 4) is 22.5 Å². The molecule has 0 aliphatic rings. The van der Waals surface area contributed by atoms with E-state index in [0.29, 0.717) is 35.1 Å². The molecule has 0 aliphatic carbocycles. The molecule has 0 bridgehead atoms. The minimum absolute atomic E-state index is 0.289. The van der Waals surface area contributed by atoms with Crippen LogP contribution in [0.3, 0.4) is 0 Å². The predicted molar refractivity (Wildman–Crippen MR) is 139 cm³/mol. The number of anilines is 2. The number of benzene rings is 2. The Morgan fingerprint density at radius 1 is 1.06 bits per heavy atom. The Kier molecular flexibility index (Phi) is 7.69. The summed E-state index contributed by atoms with van der Waals surface area (Å²) >= 11 is 0. The molecule has 0 saturated heterocycles. The second kappa shape index (κ2) is 11.3. The Morgan fingerprint density at radius 2 is 1.81 bits per heavy atom. The van der Waals surface area contributed by atoms with Crippen LogP contribution in [-0.2, 0) is 13.5 Å². The van der Waals surface area contributed by atoms with Crippen molar-refractivity contribution in [3.05, 3.63) is 94.7 Å². The first-order valence-corrected chi connectivity index (χ1v) is 11.6. The highest BCUT2D eigenvalue weighted by Gasteiger charge is 2.19. The Labute approximate surface area is 208 Å². The summed E-state index contributed by atoms with van der Waals surface area (Å²) in [5.41, 5.74) is 2.95. The molecule has 0 unspecified atom stereocenters. The number of amides is 2. The predicted octanol–water partition coefficient (Wildman–Crippen LogP) is 4.44. The van der Waals surface area contributed by atoms with Crippen molar-refractivity contribution in [2.45, 2.75) is 12.8 Å². The summed E-state index contributed by atoms with van der Waals surface area (Å²) in [5.74, 6) is -0.0166. The molecule has 9 heteroatoms. The van der Waals surface area contributed by atoms with E-state index in [1.807, 2.05) is 18.2 Å². The maximum absolute atomic E-state index is 13.6. The summed E-state index contributed by atoms with van der Waals surface area (Å²) in [4.78, 5) is 34.5. The lowest BCUT2D eigenvalue weighted by Gasteiger charge is -2.16. The molecule has 36 heavy (non-hydrogen) atoms. The van der Waals surface area contributed by atoms with E-state index in [0.717, 1.165) is 12.8 Å². The van der Waals surface area contributed by atoms with Gasteiger partial charge >= 0.3 is 6.03 Å². The molecule has 0 spiro atoms. The molecule has 184 valence electrons. The SMILES string of the molecule is CNC(=O)Nc1ccnc(-c2nc(NCCCc3ccccc3)n(C)c(=O)c2-c2ccc(F)cc2)c1. The molecular formula is C27H27FN6O2. The summed E-state index contributed by atoms with van der Waals surface area (Å²) in [6.45, 7) is 0.607. The Bertz CT molecular complexity index is 1400. The highest BCUT2D eigenvalue weighted by molar-refractivity contribution is 5.90. The lowest BCUT2D eigenvalue weighted by Crippen LogP contribution is -2.26. The van der Waals surface area contributed by atoms with Gasteiger partial charge in [-0.1, -0.05) is 42.5 Å². The van der Waals surface area contributed by atoms with E-state index in [1.54, 1.807) is 19.2 Å². The van der Waals surface area contributed by atoms with E-state index >= 15 is 0 Å². The fourth-order valence-corrected chi connectivity index (χ4v) is 3.79. The van der Waals surface area contributed by atoms with Crippen molar-refractivity contribution < 1.29 is 9.18 Å². The fourth-order valence-electron chi connectivity index (χ4n) is 3.79. The molecule has 2 heterocycles. The lowest BCUT2D eigenvalue weighted by molar-refractivity contribution is 0.254. The number of aromatic nitrogens is 3. The largest absolute Gasteiger partial charge is 0.356 e. The number of rotatable bonds is 8. The smallest absolute Gasteiger partial charge is 0.318 e. The number of nitrogens with zero attached hydrogens (tertiary/aromatic N) is 3. The first kappa shape index (κ1) is 24.6. The number of hydrogen-bond donors (Lipinski definition) is 3. The first-order chi connectivity index (χ1) is 17.5. The zero-order valence-electron chi connectivity index (χ0n) is 20.1. The van der Waals surface area contributed by atoms with Crippen LogP contribution in [0.1, 0.15) is 12.0 Å². The lowest BCUT2D eigenvalue weighted by atomic mass is 10.0. The van der Waals surface area contributed by atoms with E-state index in [9.17, 15) is 14.0 Å². The maximum atomic E-state index is 13.6. The van der Waals surface area contributed by atoms with Gasteiger partial charge in [-0.25, -0.2) is 14.2 Å². The van der Waals surface area contributed by atoms with Gasteiger partial charge < -0.3 is 16.0 Å². The third-order valence-electron chi connectivity index (χ3n) is 5.68. The van der Waals surface area contributed by atoms with Crippen LogP contribution in [0.4, 0.5) is 20.8 Å². The van der Waals surface area contributed by atoms with Gasteiger partial charge in [-0.15, -0.1) is 0 Å². The summed E-state index contributed by atoms with van der Waals surface area (Å²) in [6.07, 6.45) is 3.26. The van der Waals surface area contributed by atoms with Gasteiger partial charge in [-0.2, -0.15) is 0 Å². The molecule has 8 nitrogen and oxygen atoms in total. The summed E-state index contributed by atoms with van der Waals surface area (Å²) < 4.78 is 15.0. The summed E-state index contributed by atoms with van der Waals surface area (Å²) in [7, 11) is 3.16. The zero-order valence-corrected chi connectivity index (χ0v) is 20.1.